The van der Waals surface area contributed by atoms with E-state index in [-0.39, 0.29) is 22.2 Å². The Kier molecular flexibility index (Phi) is 5.35. The summed E-state index contributed by atoms with van der Waals surface area (Å²) in [4.78, 5) is 29.1. The summed E-state index contributed by atoms with van der Waals surface area (Å²) in [5.74, 6) is -0.665. The molecule has 0 atom stereocenters. The van der Waals surface area contributed by atoms with Crippen LogP contribution in [0.3, 0.4) is 0 Å². The summed E-state index contributed by atoms with van der Waals surface area (Å²) >= 11 is 1.00. The topological polar surface area (TPSA) is 106 Å². The lowest BCUT2D eigenvalue weighted by Gasteiger charge is -2.16. The predicted molar refractivity (Wildman–Crippen MR) is 95.5 cm³/mol. The molecule has 0 saturated carbocycles. The molecule has 10 heteroatoms. The van der Waals surface area contributed by atoms with Gasteiger partial charge in [0.05, 0.1) is 19.0 Å². The molecule has 0 bridgehead atoms. The summed E-state index contributed by atoms with van der Waals surface area (Å²) in [6.07, 6.45) is 4.41. The second-order valence-electron chi connectivity index (χ2n) is 5.63. The highest BCUT2D eigenvalue weighted by atomic mass is 32.2. The molecular formula is C16H17N3O5S2. The smallest absolute Gasteiger partial charge is 0.349 e. The Bertz CT molecular complexity index is 939. The Morgan fingerprint density at radius 2 is 2.23 bits per heavy atom. The van der Waals surface area contributed by atoms with Crippen molar-refractivity contribution in [3.63, 3.8) is 0 Å². The van der Waals surface area contributed by atoms with Gasteiger partial charge in [0.25, 0.3) is 0 Å². The van der Waals surface area contributed by atoms with Crippen molar-refractivity contribution in [3.8, 4) is 0 Å². The summed E-state index contributed by atoms with van der Waals surface area (Å²) < 4.78 is 32.1. The predicted octanol–water partition coefficient (Wildman–Crippen LogP) is 1.54. The van der Waals surface area contributed by atoms with Crippen LogP contribution >= 0.6 is 11.3 Å². The van der Waals surface area contributed by atoms with Gasteiger partial charge in [-0.2, -0.15) is 0 Å². The molecule has 1 aliphatic heterocycles. The number of amides is 1. The normalized spacial score (nSPS) is 14.7. The van der Waals surface area contributed by atoms with E-state index in [1.165, 1.54) is 24.8 Å². The first-order valence-electron chi connectivity index (χ1n) is 7.82. The fourth-order valence-electron chi connectivity index (χ4n) is 2.65. The van der Waals surface area contributed by atoms with E-state index >= 15 is 0 Å². The van der Waals surface area contributed by atoms with Gasteiger partial charge in [-0.05, 0) is 29.5 Å². The number of carbonyl (C=O) groups is 2. The zero-order valence-electron chi connectivity index (χ0n) is 14.0. The number of pyridine rings is 1. The SMILES string of the molecule is COC(=O)c1sccc1S(=O)(=O)NCc1cncc(N2CCCC2=O)c1. The highest BCUT2D eigenvalue weighted by Gasteiger charge is 2.25. The largest absolute Gasteiger partial charge is 0.465 e. The number of anilines is 1. The molecule has 3 rings (SSSR count). The van der Waals surface area contributed by atoms with Gasteiger partial charge in [-0.15, -0.1) is 11.3 Å². The summed E-state index contributed by atoms with van der Waals surface area (Å²) in [5, 5.41) is 1.52. The Hall–Kier alpha value is -2.30. The second-order valence-corrected chi connectivity index (χ2v) is 8.28. The zero-order chi connectivity index (χ0) is 18.7. The molecule has 1 aliphatic rings. The van der Waals surface area contributed by atoms with Crippen molar-refractivity contribution in [1.82, 2.24) is 9.71 Å². The van der Waals surface area contributed by atoms with Crippen LogP contribution in [0.15, 0.2) is 34.8 Å². The van der Waals surface area contributed by atoms with Crippen LogP contribution in [0, 0.1) is 0 Å². The molecule has 138 valence electrons. The summed E-state index contributed by atoms with van der Waals surface area (Å²) in [6.45, 7) is 0.620. The first-order chi connectivity index (χ1) is 12.4. The molecule has 0 unspecified atom stereocenters. The number of rotatable bonds is 6. The number of sulfonamides is 1. The molecule has 1 amide bonds. The van der Waals surface area contributed by atoms with Gasteiger partial charge >= 0.3 is 5.97 Å². The lowest BCUT2D eigenvalue weighted by molar-refractivity contribution is -0.117. The van der Waals surface area contributed by atoms with E-state index in [9.17, 15) is 18.0 Å². The molecule has 0 spiro atoms. The monoisotopic (exact) mass is 395 g/mol. The Balaban J connectivity index is 1.75. The number of hydrogen-bond acceptors (Lipinski definition) is 7. The van der Waals surface area contributed by atoms with Crippen molar-refractivity contribution in [1.29, 1.82) is 0 Å². The minimum absolute atomic E-state index is 0.0122. The number of thiophene rings is 1. The van der Waals surface area contributed by atoms with Crippen LogP contribution in [0.1, 0.15) is 28.1 Å². The first kappa shape index (κ1) is 18.5. The van der Waals surface area contributed by atoms with Crippen molar-refractivity contribution < 1.29 is 22.7 Å². The average molecular weight is 395 g/mol. The number of esters is 1. The lowest BCUT2D eigenvalue weighted by atomic mass is 10.2. The highest BCUT2D eigenvalue weighted by molar-refractivity contribution is 7.89. The van der Waals surface area contributed by atoms with Gasteiger partial charge in [0.15, 0.2) is 0 Å². The Morgan fingerprint density at radius 1 is 1.42 bits per heavy atom. The fourth-order valence-corrected chi connectivity index (χ4v) is 5.00. The molecule has 26 heavy (non-hydrogen) atoms. The van der Waals surface area contributed by atoms with Gasteiger partial charge in [0.1, 0.15) is 9.77 Å². The Labute approximate surface area is 154 Å². The maximum absolute atomic E-state index is 12.5. The van der Waals surface area contributed by atoms with Crippen molar-refractivity contribution in [2.24, 2.45) is 0 Å². The molecular weight excluding hydrogens is 378 g/mol. The molecule has 2 aromatic rings. The van der Waals surface area contributed by atoms with Gasteiger partial charge < -0.3 is 9.64 Å². The first-order valence-corrected chi connectivity index (χ1v) is 10.2. The summed E-state index contributed by atoms with van der Waals surface area (Å²) in [5.41, 5.74) is 1.26. The van der Waals surface area contributed by atoms with Gasteiger partial charge in [-0.1, -0.05) is 0 Å². The van der Waals surface area contributed by atoms with Crippen LogP contribution in [0.4, 0.5) is 5.69 Å². The number of aromatic nitrogens is 1. The third kappa shape index (κ3) is 3.76. The minimum atomic E-state index is -3.89. The van der Waals surface area contributed by atoms with Crippen LogP contribution in [-0.4, -0.2) is 38.9 Å². The summed E-state index contributed by atoms with van der Waals surface area (Å²) in [7, 11) is -2.70. The zero-order valence-corrected chi connectivity index (χ0v) is 15.6. The standard InChI is InChI=1S/C16H17N3O5S2/c1-24-16(21)15-13(4-6-25-15)26(22,23)18-9-11-7-12(10-17-8-11)19-5-2-3-14(19)20/h4,6-8,10,18H,2-3,5,9H2,1H3. The van der Waals surface area contributed by atoms with Crippen LogP contribution < -0.4 is 9.62 Å². The quantitative estimate of drug-likeness (QED) is 0.744. The van der Waals surface area contributed by atoms with Gasteiger partial charge in [-0.3, -0.25) is 9.78 Å². The maximum atomic E-state index is 12.5. The van der Waals surface area contributed by atoms with E-state index in [1.807, 2.05) is 0 Å². The molecule has 8 nitrogen and oxygen atoms in total. The number of nitrogens with one attached hydrogen (secondary N) is 1. The van der Waals surface area contributed by atoms with Crippen molar-refractivity contribution in [3.05, 3.63) is 40.3 Å². The van der Waals surface area contributed by atoms with Crippen molar-refractivity contribution in [2.75, 3.05) is 18.6 Å². The van der Waals surface area contributed by atoms with Gasteiger partial charge in [-0.25, -0.2) is 17.9 Å². The molecule has 1 fully saturated rings. The molecule has 0 radical (unpaired) electrons. The van der Waals surface area contributed by atoms with Crippen LogP contribution in [0.2, 0.25) is 0 Å². The highest BCUT2D eigenvalue weighted by Crippen LogP contribution is 2.24. The van der Waals surface area contributed by atoms with E-state index in [0.29, 0.717) is 24.2 Å². The number of methoxy groups -OCH3 is 1. The molecule has 3 heterocycles. The molecule has 2 aromatic heterocycles. The second kappa shape index (κ2) is 7.52. The molecule has 0 aromatic carbocycles. The van der Waals surface area contributed by atoms with E-state index in [2.05, 4.69) is 14.4 Å². The van der Waals surface area contributed by atoms with E-state index in [0.717, 1.165) is 17.8 Å². The third-order valence-corrected chi connectivity index (χ3v) is 6.39. The third-order valence-electron chi connectivity index (χ3n) is 3.92. The Morgan fingerprint density at radius 3 is 2.92 bits per heavy atom. The number of ether oxygens (including phenoxy) is 1. The van der Waals surface area contributed by atoms with Gasteiger partial charge in [0.2, 0.25) is 15.9 Å². The van der Waals surface area contributed by atoms with Gasteiger partial charge in [0, 0.05) is 25.7 Å². The van der Waals surface area contributed by atoms with Crippen LogP contribution in [-0.2, 0) is 26.1 Å². The van der Waals surface area contributed by atoms with E-state index < -0.39 is 16.0 Å². The molecule has 1 saturated heterocycles. The van der Waals surface area contributed by atoms with Crippen molar-refractivity contribution >= 4 is 38.9 Å². The van der Waals surface area contributed by atoms with E-state index in [1.54, 1.807) is 17.2 Å². The number of hydrogen-bond donors (Lipinski definition) is 1. The lowest BCUT2D eigenvalue weighted by Crippen LogP contribution is -2.26. The maximum Gasteiger partial charge on any atom is 0.349 e. The van der Waals surface area contributed by atoms with Crippen LogP contribution in [0.5, 0.6) is 0 Å². The van der Waals surface area contributed by atoms with E-state index in [4.69, 9.17) is 0 Å². The number of carbonyl (C=O) groups excluding carboxylic acids is 2. The van der Waals surface area contributed by atoms with Crippen LogP contribution in [0.25, 0.3) is 0 Å². The number of nitrogens with zero attached hydrogens (tertiary/aromatic N) is 2. The fraction of sp³-hybridized carbons (Fsp3) is 0.312. The molecule has 0 aliphatic carbocycles. The average Bonchev–Trinajstić information content (AvgIpc) is 3.29. The summed E-state index contributed by atoms with van der Waals surface area (Å²) in [6, 6.07) is 3.09. The van der Waals surface area contributed by atoms with Crippen molar-refractivity contribution in [2.45, 2.75) is 24.3 Å². The molecule has 1 N–H and O–H groups in total. The minimum Gasteiger partial charge on any atom is -0.465 e.